The summed E-state index contributed by atoms with van der Waals surface area (Å²) >= 11 is 1.36. The van der Waals surface area contributed by atoms with Gasteiger partial charge in [-0.05, 0) is 18.2 Å². The number of nitrogens with one attached hydrogen (secondary N) is 2. The van der Waals surface area contributed by atoms with Crippen LogP contribution >= 0.6 is 11.8 Å². The maximum Gasteiger partial charge on any atom is 0.271 e. The summed E-state index contributed by atoms with van der Waals surface area (Å²) in [4.78, 5) is 37.1. The topological polar surface area (TPSA) is 97.0 Å². The van der Waals surface area contributed by atoms with Gasteiger partial charge in [0.15, 0.2) is 16.9 Å². The quantitative estimate of drug-likeness (QED) is 0.743. The van der Waals surface area contributed by atoms with Crippen molar-refractivity contribution in [3.05, 3.63) is 23.8 Å². The average Bonchev–Trinajstić information content (AvgIpc) is 3.19. The second-order valence-electron chi connectivity index (χ2n) is 4.95. The summed E-state index contributed by atoms with van der Waals surface area (Å²) in [6, 6.07) is 4.74. The van der Waals surface area contributed by atoms with Crippen molar-refractivity contribution in [2.75, 3.05) is 19.1 Å². The van der Waals surface area contributed by atoms with Crippen LogP contribution in [-0.2, 0) is 9.59 Å². The lowest BCUT2D eigenvalue weighted by atomic mass is 10.2. The first-order chi connectivity index (χ1) is 11.1. The molecule has 1 saturated heterocycles. The third-order valence-electron chi connectivity index (χ3n) is 3.45. The number of nitrogens with zero attached hydrogens (tertiary/aromatic N) is 1. The number of carbonyl (C=O) groups is 3. The molecule has 0 radical (unpaired) electrons. The molecule has 122 valence electrons. The van der Waals surface area contributed by atoms with Gasteiger partial charge in [-0.1, -0.05) is 0 Å². The van der Waals surface area contributed by atoms with E-state index in [2.05, 4.69) is 10.9 Å². The highest BCUT2D eigenvalue weighted by Crippen LogP contribution is 2.32. The second kappa shape index (κ2) is 6.37. The highest BCUT2D eigenvalue weighted by Gasteiger charge is 2.33. The molecule has 0 aromatic heterocycles. The monoisotopic (exact) mass is 337 g/mol. The van der Waals surface area contributed by atoms with E-state index in [1.165, 1.54) is 29.7 Å². The van der Waals surface area contributed by atoms with Crippen LogP contribution in [0, 0.1) is 0 Å². The van der Waals surface area contributed by atoms with Crippen LogP contribution in [0.4, 0.5) is 0 Å². The van der Waals surface area contributed by atoms with Crippen molar-refractivity contribution >= 4 is 29.5 Å². The zero-order valence-corrected chi connectivity index (χ0v) is 13.1. The normalized spacial score (nSPS) is 18.7. The van der Waals surface area contributed by atoms with E-state index < -0.39 is 17.2 Å². The van der Waals surface area contributed by atoms with Crippen LogP contribution in [0.3, 0.4) is 0 Å². The van der Waals surface area contributed by atoms with Crippen molar-refractivity contribution in [3.63, 3.8) is 0 Å². The summed E-state index contributed by atoms with van der Waals surface area (Å²) in [6.45, 7) is 2.06. The zero-order chi connectivity index (χ0) is 16.4. The molecule has 0 aliphatic carbocycles. The van der Waals surface area contributed by atoms with E-state index in [4.69, 9.17) is 9.47 Å². The number of fused-ring (bicyclic) bond motifs is 1. The third kappa shape index (κ3) is 3.19. The number of thioether (sulfide) groups is 1. The third-order valence-corrected chi connectivity index (χ3v) is 4.66. The molecule has 1 atom stereocenters. The standard InChI is InChI=1S/C14H15N3O5S/c1-8(18)17-4-5-23-14(17)13(20)16-15-12(19)9-2-3-10-11(6-9)22-7-21-10/h2-3,6,14H,4-5,7H2,1H3,(H,15,19)(H,16,20)/t14-/m0/s1. The van der Waals surface area contributed by atoms with Gasteiger partial charge in [-0.3, -0.25) is 25.2 Å². The van der Waals surface area contributed by atoms with Crippen LogP contribution in [-0.4, -0.2) is 47.1 Å². The lowest BCUT2D eigenvalue weighted by molar-refractivity contribution is -0.135. The number of hydrogen-bond donors (Lipinski definition) is 2. The van der Waals surface area contributed by atoms with E-state index in [1.807, 2.05) is 0 Å². The van der Waals surface area contributed by atoms with Crippen molar-refractivity contribution in [2.45, 2.75) is 12.3 Å². The van der Waals surface area contributed by atoms with Crippen molar-refractivity contribution in [1.82, 2.24) is 15.8 Å². The molecular weight excluding hydrogens is 322 g/mol. The van der Waals surface area contributed by atoms with Crippen LogP contribution in [0.25, 0.3) is 0 Å². The molecule has 0 unspecified atom stereocenters. The summed E-state index contributed by atoms with van der Waals surface area (Å²) in [5, 5.41) is -0.621. The predicted octanol–water partition coefficient (Wildman–Crippen LogP) is 0.0977. The Balaban J connectivity index is 1.58. The summed E-state index contributed by atoms with van der Waals surface area (Å²) in [5.41, 5.74) is 5.02. The van der Waals surface area contributed by atoms with Gasteiger partial charge in [0.2, 0.25) is 12.7 Å². The van der Waals surface area contributed by atoms with Crippen LogP contribution in [0.5, 0.6) is 11.5 Å². The minimum absolute atomic E-state index is 0.122. The minimum Gasteiger partial charge on any atom is -0.454 e. The van der Waals surface area contributed by atoms with Crippen LogP contribution in [0.1, 0.15) is 17.3 Å². The number of hydrazine groups is 1. The van der Waals surface area contributed by atoms with Crippen molar-refractivity contribution in [1.29, 1.82) is 0 Å². The highest BCUT2D eigenvalue weighted by atomic mass is 32.2. The second-order valence-corrected chi connectivity index (χ2v) is 6.14. The molecule has 2 heterocycles. The largest absolute Gasteiger partial charge is 0.454 e. The van der Waals surface area contributed by atoms with E-state index in [0.717, 1.165) is 0 Å². The van der Waals surface area contributed by atoms with E-state index >= 15 is 0 Å². The van der Waals surface area contributed by atoms with Gasteiger partial charge in [0.05, 0.1) is 0 Å². The molecule has 2 N–H and O–H groups in total. The number of amides is 3. The molecular formula is C14H15N3O5S. The Morgan fingerprint density at radius 3 is 2.78 bits per heavy atom. The van der Waals surface area contributed by atoms with Gasteiger partial charge in [0.25, 0.3) is 11.8 Å². The van der Waals surface area contributed by atoms with E-state index in [0.29, 0.717) is 29.4 Å². The first-order valence-corrected chi connectivity index (χ1v) is 8.00. The lowest BCUT2D eigenvalue weighted by Gasteiger charge is -2.21. The lowest BCUT2D eigenvalue weighted by Crippen LogP contribution is -2.50. The molecule has 8 nitrogen and oxygen atoms in total. The highest BCUT2D eigenvalue weighted by molar-refractivity contribution is 8.00. The number of hydrogen-bond acceptors (Lipinski definition) is 6. The molecule has 9 heteroatoms. The molecule has 0 spiro atoms. The van der Waals surface area contributed by atoms with E-state index in [1.54, 1.807) is 12.1 Å². The molecule has 0 bridgehead atoms. The predicted molar refractivity (Wildman–Crippen MR) is 81.8 cm³/mol. The Morgan fingerprint density at radius 1 is 1.22 bits per heavy atom. The molecule has 23 heavy (non-hydrogen) atoms. The SMILES string of the molecule is CC(=O)N1CCS[C@H]1C(=O)NNC(=O)c1ccc2c(c1)OCO2. The van der Waals surface area contributed by atoms with Gasteiger partial charge in [0, 0.05) is 24.8 Å². The number of benzene rings is 1. The first kappa shape index (κ1) is 15.5. The summed E-state index contributed by atoms with van der Waals surface area (Å²) in [7, 11) is 0. The van der Waals surface area contributed by atoms with E-state index in [-0.39, 0.29) is 12.7 Å². The fourth-order valence-electron chi connectivity index (χ4n) is 2.30. The smallest absolute Gasteiger partial charge is 0.271 e. The number of ether oxygens (including phenoxy) is 2. The Bertz CT molecular complexity index is 666. The summed E-state index contributed by atoms with van der Waals surface area (Å²) < 4.78 is 10.4. The Morgan fingerprint density at radius 2 is 2.00 bits per heavy atom. The fourth-order valence-corrected chi connectivity index (χ4v) is 3.47. The molecule has 0 saturated carbocycles. The fraction of sp³-hybridized carbons (Fsp3) is 0.357. The molecule has 1 fully saturated rings. The molecule has 2 aliphatic rings. The van der Waals surface area contributed by atoms with Crippen LogP contribution in [0.2, 0.25) is 0 Å². The Kier molecular flexibility index (Phi) is 4.28. The minimum atomic E-state index is -0.621. The zero-order valence-electron chi connectivity index (χ0n) is 12.3. The van der Waals surface area contributed by atoms with Crippen molar-refractivity contribution in [3.8, 4) is 11.5 Å². The summed E-state index contributed by atoms with van der Waals surface area (Å²) in [5.74, 6) is 0.666. The Hall–Kier alpha value is -2.42. The van der Waals surface area contributed by atoms with E-state index in [9.17, 15) is 14.4 Å². The number of rotatable bonds is 2. The van der Waals surface area contributed by atoms with Crippen LogP contribution < -0.4 is 20.3 Å². The molecule has 3 amide bonds. The Labute approximate surface area is 136 Å². The van der Waals surface area contributed by atoms with Crippen LogP contribution in [0.15, 0.2) is 18.2 Å². The van der Waals surface area contributed by atoms with Crippen molar-refractivity contribution < 1.29 is 23.9 Å². The maximum absolute atomic E-state index is 12.1. The van der Waals surface area contributed by atoms with Gasteiger partial charge < -0.3 is 14.4 Å². The first-order valence-electron chi connectivity index (χ1n) is 6.95. The molecule has 1 aromatic rings. The van der Waals surface area contributed by atoms with Gasteiger partial charge >= 0.3 is 0 Å². The maximum atomic E-state index is 12.1. The van der Waals surface area contributed by atoms with Crippen molar-refractivity contribution in [2.24, 2.45) is 0 Å². The molecule has 2 aliphatic heterocycles. The van der Waals surface area contributed by atoms with Gasteiger partial charge in [-0.15, -0.1) is 11.8 Å². The average molecular weight is 337 g/mol. The van der Waals surface area contributed by atoms with Gasteiger partial charge in [-0.25, -0.2) is 0 Å². The van der Waals surface area contributed by atoms with Gasteiger partial charge in [-0.2, -0.15) is 0 Å². The molecule has 1 aromatic carbocycles. The molecule has 3 rings (SSSR count). The summed E-state index contributed by atoms with van der Waals surface area (Å²) in [6.07, 6.45) is 0. The number of carbonyl (C=O) groups excluding carboxylic acids is 3. The van der Waals surface area contributed by atoms with Gasteiger partial charge in [0.1, 0.15) is 0 Å².